The maximum absolute atomic E-state index is 13.9. The highest BCUT2D eigenvalue weighted by Crippen LogP contribution is 2.31. The maximum Gasteiger partial charge on any atom is 0.339 e. The van der Waals surface area contributed by atoms with E-state index in [4.69, 9.17) is 14.3 Å². The number of piperazine rings is 1. The summed E-state index contributed by atoms with van der Waals surface area (Å²) in [5, 5.41) is 1.09. The number of hydrogen-bond donors (Lipinski definition) is 1. The van der Waals surface area contributed by atoms with Crippen LogP contribution < -0.4 is 25.0 Å². The first-order valence-electron chi connectivity index (χ1n) is 15.8. The minimum Gasteiger partial charge on any atom is -0.497 e. The Hall–Kier alpha value is -4.29. The molecule has 2 aliphatic heterocycles. The molecule has 2 saturated heterocycles. The van der Waals surface area contributed by atoms with Gasteiger partial charge < -0.3 is 29.0 Å². The zero-order valence-corrected chi connectivity index (χ0v) is 29.0. The molecule has 2 amide bonds. The van der Waals surface area contributed by atoms with Gasteiger partial charge in [-0.05, 0) is 86.8 Å². The summed E-state index contributed by atoms with van der Waals surface area (Å²) in [4.78, 5) is 52.8. The van der Waals surface area contributed by atoms with Gasteiger partial charge in [0.2, 0.25) is 0 Å². The quantitative estimate of drug-likeness (QED) is 0.292. The Bertz CT molecular complexity index is 1590. The third-order valence-corrected chi connectivity index (χ3v) is 9.34. The van der Waals surface area contributed by atoms with Crippen molar-refractivity contribution in [3.63, 3.8) is 0 Å². The number of nitrogens with one attached hydrogen (secondary N) is 1. The molecule has 3 aromatic rings. The van der Waals surface area contributed by atoms with Gasteiger partial charge in [0.15, 0.2) is 0 Å². The molecule has 11 nitrogen and oxygen atoms in total. The molecule has 1 N–H and O–H groups in total. The summed E-state index contributed by atoms with van der Waals surface area (Å²) < 4.78 is 11.5. The average molecular weight is 709 g/mol. The zero-order chi connectivity index (χ0) is 33.5. The molecule has 0 radical (unpaired) electrons. The minimum atomic E-state index is -0.636. The SMILES string of the molecule is COc1ccc(N(NC(=O)c2c(C)cccc2N2CCCCC2)OC(=O)Cc2cc(OC)c(C(=O)N3CCN(C)CC3)cc2Br)cc1. The second kappa shape index (κ2) is 15.5. The number of carbonyl (C=O) groups is 3. The van der Waals surface area contributed by atoms with E-state index in [1.54, 1.807) is 48.4 Å². The van der Waals surface area contributed by atoms with E-state index in [1.807, 2.05) is 32.2 Å². The summed E-state index contributed by atoms with van der Waals surface area (Å²) in [5.74, 6) is -0.187. The van der Waals surface area contributed by atoms with Gasteiger partial charge in [-0.15, -0.1) is 5.17 Å². The number of carbonyl (C=O) groups excluding carboxylic acids is 3. The van der Waals surface area contributed by atoms with Crippen LogP contribution >= 0.6 is 15.9 Å². The monoisotopic (exact) mass is 707 g/mol. The summed E-state index contributed by atoms with van der Waals surface area (Å²) >= 11 is 3.55. The topological polar surface area (TPSA) is 104 Å². The molecule has 3 aromatic carbocycles. The van der Waals surface area contributed by atoms with Gasteiger partial charge in [0, 0.05) is 49.4 Å². The van der Waals surface area contributed by atoms with E-state index >= 15 is 0 Å². The third kappa shape index (κ3) is 8.17. The molecule has 12 heteroatoms. The molecule has 0 atom stereocenters. The molecule has 0 bridgehead atoms. The average Bonchev–Trinajstić information content (AvgIpc) is 3.09. The van der Waals surface area contributed by atoms with Crippen molar-refractivity contribution < 1.29 is 28.7 Å². The summed E-state index contributed by atoms with van der Waals surface area (Å²) in [7, 11) is 5.09. The van der Waals surface area contributed by atoms with Crippen LogP contribution in [-0.2, 0) is 16.1 Å². The number of aryl methyl sites for hydroxylation is 1. The number of hydrazine groups is 1. The zero-order valence-electron chi connectivity index (χ0n) is 27.4. The maximum atomic E-state index is 13.9. The summed E-state index contributed by atoms with van der Waals surface area (Å²) in [6.07, 6.45) is 3.14. The lowest BCUT2D eigenvalue weighted by Gasteiger charge is -2.32. The predicted molar refractivity (Wildman–Crippen MR) is 184 cm³/mol. The highest BCUT2D eigenvalue weighted by molar-refractivity contribution is 9.10. The summed E-state index contributed by atoms with van der Waals surface area (Å²) in [6, 6.07) is 16.0. The first-order chi connectivity index (χ1) is 22.7. The number of benzene rings is 3. The van der Waals surface area contributed by atoms with Gasteiger partial charge in [0.05, 0.1) is 37.5 Å². The molecular weight excluding hydrogens is 666 g/mol. The number of anilines is 2. The lowest BCUT2D eigenvalue weighted by atomic mass is 10.0. The predicted octanol–water partition coefficient (Wildman–Crippen LogP) is 5.00. The van der Waals surface area contributed by atoms with Crippen LogP contribution in [0.15, 0.2) is 59.1 Å². The molecular formula is C35H42BrN5O6. The van der Waals surface area contributed by atoms with Crippen molar-refractivity contribution in [2.45, 2.75) is 32.6 Å². The molecule has 0 saturated carbocycles. The van der Waals surface area contributed by atoms with Crippen LogP contribution in [0.5, 0.6) is 11.5 Å². The number of methoxy groups -OCH3 is 2. The van der Waals surface area contributed by atoms with Gasteiger partial charge >= 0.3 is 5.97 Å². The number of nitrogens with zero attached hydrogens (tertiary/aromatic N) is 4. The number of ether oxygens (including phenoxy) is 2. The molecule has 2 fully saturated rings. The Morgan fingerprint density at radius 2 is 1.60 bits per heavy atom. The van der Waals surface area contributed by atoms with Crippen LogP contribution in [0.2, 0.25) is 0 Å². The first-order valence-corrected chi connectivity index (χ1v) is 16.6. The fourth-order valence-corrected chi connectivity index (χ4v) is 6.37. The van der Waals surface area contributed by atoms with E-state index in [9.17, 15) is 14.4 Å². The minimum absolute atomic E-state index is 0.127. The third-order valence-electron chi connectivity index (χ3n) is 8.60. The highest BCUT2D eigenvalue weighted by Gasteiger charge is 2.27. The van der Waals surface area contributed by atoms with Crippen molar-refractivity contribution in [1.29, 1.82) is 0 Å². The Morgan fingerprint density at radius 3 is 2.26 bits per heavy atom. The molecule has 47 heavy (non-hydrogen) atoms. The standard InChI is InChI=1S/C35H42BrN5O6/c1-24-9-8-10-30(39-15-6-5-7-16-39)33(24)34(43)37-41(26-11-13-27(45-3)14-12-26)47-32(42)22-25-21-31(46-4)28(23-29(25)36)35(44)40-19-17-38(2)18-20-40/h8-14,21,23H,5-7,15-20,22H2,1-4H3,(H,37,43). The Kier molecular flexibility index (Phi) is 11.3. The Balaban J connectivity index is 1.37. The number of halogens is 1. The number of hydrogen-bond acceptors (Lipinski definition) is 9. The van der Waals surface area contributed by atoms with Crippen LogP contribution in [0, 0.1) is 6.92 Å². The lowest BCUT2D eigenvalue weighted by Crippen LogP contribution is -2.47. The molecule has 5 rings (SSSR count). The summed E-state index contributed by atoms with van der Waals surface area (Å²) in [5.41, 5.74) is 6.41. The summed E-state index contributed by atoms with van der Waals surface area (Å²) in [6.45, 7) is 6.49. The highest BCUT2D eigenvalue weighted by atomic mass is 79.9. The van der Waals surface area contributed by atoms with E-state index in [0.29, 0.717) is 51.4 Å². The Labute approximate surface area is 284 Å². The molecule has 250 valence electrons. The van der Waals surface area contributed by atoms with E-state index in [-0.39, 0.29) is 12.3 Å². The number of amides is 2. The molecule has 0 unspecified atom stereocenters. The Morgan fingerprint density at radius 1 is 0.894 bits per heavy atom. The van der Waals surface area contributed by atoms with Crippen molar-refractivity contribution in [2.24, 2.45) is 0 Å². The number of piperidine rings is 1. The van der Waals surface area contributed by atoms with Crippen LogP contribution in [0.25, 0.3) is 0 Å². The largest absolute Gasteiger partial charge is 0.497 e. The van der Waals surface area contributed by atoms with Crippen molar-refractivity contribution >= 4 is 45.1 Å². The normalized spacial score (nSPS) is 15.2. The second-order valence-electron chi connectivity index (χ2n) is 11.8. The second-order valence-corrected chi connectivity index (χ2v) is 12.7. The van der Waals surface area contributed by atoms with E-state index in [0.717, 1.165) is 55.4 Å². The van der Waals surface area contributed by atoms with Crippen LogP contribution in [0.1, 0.15) is 51.1 Å². The van der Waals surface area contributed by atoms with Gasteiger partial charge in [-0.1, -0.05) is 28.1 Å². The van der Waals surface area contributed by atoms with Crippen molar-refractivity contribution in [3.8, 4) is 11.5 Å². The van der Waals surface area contributed by atoms with Gasteiger partial charge in [-0.2, -0.15) is 0 Å². The molecule has 0 spiro atoms. The fraction of sp³-hybridized carbons (Fsp3) is 0.400. The van der Waals surface area contributed by atoms with Gasteiger partial charge in [-0.25, -0.2) is 10.2 Å². The van der Waals surface area contributed by atoms with Crippen LogP contribution in [0.3, 0.4) is 0 Å². The van der Waals surface area contributed by atoms with Crippen LogP contribution in [-0.4, -0.2) is 88.1 Å². The van der Waals surface area contributed by atoms with E-state index < -0.39 is 11.9 Å². The van der Waals surface area contributed by atoms with Crippen molar-refractivity contribution in [2.75, 3.05) is 70.6 Å². The molecule has 2 heterocycles. The molecule has 0 aromatic heterocycles. The number of likely N-dealkylation sites (N-methyl/N-ethyl adjacent to an activating group) is 1. The van der Waals surface area contributed by atoms with E-state index in [1.165, 1.54) is 13.5 Å². The smallest absolute Gasteiger partial charge is 0.339 e. The van der Waals surface area contributed by atoms with Crippen molar-refractivity contribution in [1.82, 2.24) is 15.2 Å². The van der Waals surface area contributed by atoms with Crippen molar-refractivity contribution in [3.05, 3.63) is 81.3 Å². The van der Waals surface area contributed by atoms with E-state index in [2.05, 4.69) is 31.2 Å². The molecule has 2 aliphatic rings. The first kappa shape index (κ1) is 34.1. The van der Waals surface area contributed by atoms with Gasteiger partial charge in [0.25, 0.3) is 11.8 Å². The van der Waals surface area contributed by atoms with Gasteiger partial charge in [-0.3, -0.25) is 9.59 Å². The lowest BCUT2D eigenvalue weighted by molar-refractivity contribution is -0.145. The fourth-order valence-electron chi connectivity index (χ4n) is 5.89. The van der Waals surface area contributed by atoms with Crippen LogP contribution in [0.4, 0.5) is 11.4 Å². The number of rotatable bonds is 10. The molecule has 0 aliphatic carbocycles. The van der Waals surface area contributed by atoms with Gasteiger partial charge in [0.1, 0.15) is 11.5 Å².